The first-order chi connectivity index (χ1) is 12.2. The second kappa shape index (κ2) is 6.64. The van der Waals surface area contributed by atoms with Crippen LogP contribution < -0.4 is 10.1 Å². The van der Waals surface area contributed by atoms with Gasteiger partial charge < -0.3 is 10.1 Å². The molecule has 4 rings (SSSR count). The van der Waals surface area contributed by atoms with Gasteiger partial charge in [0, 0.05) is 5.56 Å². The Morgan fingerprint density at radius 3 is 2.92 bits per heavy atom. The molecule has 1 N–H and O–H groups in total. The number of carbonyl (C=O) groups is 1. The Morgan fingerprint density at radius 2 is 2.08 bits per heavy atom. The van der Waals surface area contributed by atoms with E-state index in [2.05, 4.69) is 10.3 Å². The first kappa shape index (κ1) is 15.8. The van der Waals surface area contributed by atoms with Gasteiger partial charge >= 0.3 is 0 Å². The number of halogens is 1. The summed E-state index contributed by atoms with van der Waals surface area (Å²) >= 11 is 1.38. The number of anilines is 1. The van der Waals surface area contributed by atoms with Crippen molar-refractivity contribution in [1.29, 1.82) is 0 Å². The van der Waals surface area contributed by atoms with Gasteiger partial charge in [0.25, 0.3) is 0 Å². The maximum Gasteiger partial charge on any atom is 0.231 e. The molecule has 1 aromatic heterocycles. The molecule has 2 heterocycles. The van der Waals surface area contributed by atoms with Crippen molar-refractivity contribution < 1.29 is 13.9 Å². The van der Waals surface area contributed by atoms with E-state index in [1.165, 1.54) is 23.5 Å². The Morgan fingerprint density at radius 1 is 1.24 bits per heavy atom. The van der Waals surface area contributed by atoms with Crippen LogP contribution >= 0.6 is 11.3 Å². The lowest BCUT2D eigenvalue weighted by atomic mass is 9.96. The van der Waals surface area contributed by atoms with Gasteiger partial charge in [-0.05, 0) is 30.2 Å². The molecule has 0 bridgehead atoms. The fourth-order valence-corrected chi connectivity index (χ4v) is 3.59. The molecule has 0 radical (unpaired) electrons. The number of thiazole rings is 1. The number of fused-ring (bicyclic) bond motifs is 1. The molecule has 4 nitrogen and oxygen atoms in total. The molecule has 0 aliphatic carbocycles. The van der Waals surface area contributed by atoms with Crippen molar-refractivity contribution in [1.82, 2.24) is 4.98 Å². The molecule has 0 fully saturated rings. The lowest BCUT2D eigenvalue weighted by Gasteiger charge is -2.24. The van der Waals surface area contributed by atoms with Crippen molar-refractivity contribution in [2.45, 2.75) is 6.42 Å². The topological polar surface area (TPSA) is 51.2 Å². The summed E-state index contributed by atoms with van der Waals surface area (Å²) in [7, 11) is 0. The Kier molecular flexibility index (Phi) is 4.19. The number of aromatic nitrogens is 1. The molecule has 126 valence electrons. The van der Waals surface area contributed by atoms with Gasteiger partial charge in [0.15, 0.2) is 0 Å². The smallest absolute Gasteiger partial charge is 0.231 e. The van der Waals surface area contributed by atoms with E-state index in [1.807, 2.05) is 30.3 Å². The highest BCUT2D eigenvalue weighted by atomic mass is 32.1. The average Bonchev–Trinajstić information content (AvgIpc) is 3.10. The summed E-state index contributed by atoms with van der Waals surface area (Å²) in [5, 5.41) is 3.66. The number of hydrogen-bond acceptors (Lipinski definition) is 4. The van der Waals surface area contributed by atoms with E-state index in [0.717, 1.165) is 16.8 Å². The van der Waals surface area contributed by atoms with Gasteiger partial charge in [-0.15, -0.1) is 11.3 Å². The minimum absolute atomic E-state index is 0.142. The van der Waals surface area contributed by atoms with Gasteiger partial charge in [-0.3, -0.25) is 4.79 Å². The Balaban J connectivity index is 1.51. The molecule has 0 saturated heterocycles. The zero-order valence-electron chi connectivity index (χ0n) is 13.2. The Hall–Kier alpha value is -2.73. The first-order valence-electron chi connectivity index (χ1n) is 7.91. The predicted octanol–water partition coefficient (Wildman–Crippen LogP) is 4.14. The molecular formula is C19H15FN2O2S. The Bertz CT molecular complexity index is 911. The third-order valence-corrected chi connectivity index (χ3v) is 4.89. The quantitative estimate of drug-likeness (QED) is 0.769. The maximum absolute atomic E-state index is 13.4. The summed E-state index contributed by atoms with van der Waals surface area (Å²) in [6, 6.07) is 14.1. The van der Waals surface area contributed by atoms with Crippen LogP contribution in [-0.4, -0.2) is 17.5 Å². The minimum atomic E-state index is -0.361. The highest BCUT2D eigenvalue weighted by molar-refractivity contribution is 7.14. The van der Waals surface area contributed by atoms with Crippen molar-refractivity contribution >= 4 is 22.2 Å². The van der Waals surface area contributed by atoms with Crippen LogP contribution in [0.15, 0.2) is 54.0 Å². The fraction of sp³-hybridized carbons (Fsp3) is 0.158. The molecule has 1 aliphatic heterocycles. The van der Waals surface area contributed by atoms with Crippen LogP contribution in [0.2, 0.25) is 0 Å². The third kappa shape index (κ3) is 3.25. The molecule has 0 spiro atoms. The molecule has 3 aromatic rings. The average molecular weight is 354 g/mol. The predicted molar refractivity (Wildman–Crippen MR) is 95.3 cm³/mol. The van der Waals surface area contributed by atoms with Gasteiger partial charge in [0.1, 0.15) is 28.9 Å². The van der Waals surface area contributed by atoms with Crippen molar-refractivity contribution in [3.05, 3.63) is 65.4 Å². The van der Waals surface area contributed by atoms with E-state index >= 15 is 0 Å². The van der Waals surface area contributed by atoms with Crippen molar-refractivity contribution in [3.63, 3.8) is 0 Å². The Labute approximate surface area is 148 Å². The van der Waals surface area contributed by atoms with Gasteiger partial charge in [0.05, 0.1) is 11.4 Å². The second-order valence-electron chi connectivity index (χ2n) is 5.85. The molecule has 25 heavy (non-hydrogen) atoms. The van der Waals surface area contributed by atoms with Crippen LogP contribution in [0.25, 0.3) is 11.3 Å². The van der Waals surface area contributed by atoms with E-state index in [1.54, 1.807) is 11.6 Å². The molecular weight excluding hydrogens is 339 g/mol. The lowest BCUT2D eigenvalue weighted by molar-refractivity contribution is -0.121. The van der Waals surface area contributed by atoms with E-state index in [0.29, 0.717) is 17.2 Å². The summed E-state index contributed by atoms with van der Waals surface area (Å²) in [6.07, 6.45) is 0.457. The number of nitrogens with one attached hydrogen (secondary N) is 1. The van der Waals surface area contributed by atoms with Crippen molar-refractivity contribution in [2.24, 2.45) is 5.92 Å². The van der Waals surface area contributed by atoms with E-state index in [-0.39, 0.29) is 24.2 Å². The molecule has 6 heteroatoms. The molecule has 1 atom stereocenters. The summed E-state index contributed by atoms with van der Waals surface area (Å²) in [5.41, 5.74) is 4.13. The van der Waals surface area contributed by atoms with Crippen LogP contribution in [0.3, 0.4) is 0 Å². The van der Waals surface area contributed by atoms with Crippen LogP contribution in [0.5, 0.6) is 5.75 Å². The van der Waals surface area contributed by atoms with Gasteiger partial charge in [-0.25, -0.2) is 9.37 Å². The standard InChI is InChI=1S/C19H15FN2O2S/c20-15-6-7-16-13(9-15)8-14(10-24-16)18(23)22-19-17(21-11-25-19)12-4-2-1-3-5-12/h1-7,9,11,14H,8,10H2,(H,22,23)/t14-/m0/s1. The normalized spacial score (nSPS) is 16.0. The largest absolute Gasteiger partial charge is 0.492 e. The number of amides is 1. The van der Waals surface area contributed by atoms with Crippen molar-refractivity contribution in [3.8, 4) is 17.0 Å². The van der Waals surface area contributed by atoms with Gasteiger partial charge in [0.2, 0.25) is 5.91 Å². The summed E-state index contributed by atoms with van der Waals surface area (Å²) in [6.45, 7) is 0.282. The van der Waals surface area contributed by atoms with E-state index < -0.39 is 0 Å². The molecule has 1 amide bonds. The number of hydrogen-bond donors (Lipinski definition) is 1. The van der Waals surface area contributed by atoms with Crippen LogP contribution in [0.4, 0.5) is 9.39 Å². The van der Waals surface area contributed by atoms with E-state index in [9.17, 15) is 9.18 Å². The number of rotatable bonds is 3. The lowest BCUT2D eigenvalue weighted by Crippen LogP contribution is -2.32. The van der Waals surface area contributed by atoms with Gasteiger partial charge in [-0.1, -0.05) is 30.3 Å². The molecule has 0 unspecified atom stereocenters. The molecule has 0 saturated carbocycles. The molecule has 1 aliphatic rings. The molecule has 2 aromatic carbocycles. The number of benzene rings is 2. The summed E-state index contributed by atoms with van der Waals surface area (Å²) in [5.74, 6) is -0.179. The minimum Gasteiger partial charge on any atom is -0.492 e. The van der Waals surface area contributed by atoms with E-state index in [4.69, 9.17) is 4.74 Å². The first-order valence-corrected chi connectivity index (χ1v) is 8.79. The number of nitrogens with zero attached hydrogens (tertiary/aromatic N) is 1. The number of carbonyl (C=O) groups excluding carboxylic acids is 1. The van der Waals surface area contributed by atoms with Gasteiger partial charge in [-0.2, -0.15) is 0 Å². The van der Waals surface area contributed by atoms with Crippen LogP contribution in [-0.2, 0) is 11.2 Å². The third-order valence-electron chi connectivity index (χ3n) is 4.15. The highest BCUT2D eigenvalue weighted by Gasteiger charge is 2.27. The summed E-state index contributed by atoms with van der Waals surface area (Å²) < 4.78 is 19.0. The monoisotopic (exact) mass is 354 g/mol. The fourth-order valence-electron chi connectivity index (χ4n) is 2.88. The highest BCUT2D eigenvalue weighted by Crippen LogP contribution is 2.32. The number of ether oxygens (including phenoxy) is 1. The second-order valence-corrected chi connectivity index (χ2v) is 6.70. The zero-order valence-corrected chi connectivity index (χ0v) is 14.1. The zero-order chi connectivity index (χ0) is 17.2. The SMILES string of the molecule is O=C(Nc1scnc1-c1ccccc1)[C@@H]1COc2ccc(F)cc2C1. The van der Waals surface area contributed by atoms with Crippen LogP contribution in [0, 0.1) is 11.7 Å². The van der Waals surface area contributed by atoms with Crippen molar-refractivity contribution in [2.75, 3.05) is 11.9 Å². The van der Waals surface area contributed by atoms with Crippen LogP contribution in [0.1, 0.15) is 5.56 Å². The summed E-state index contributed by atoms with van der Waals surface area (Å²) in [4.78, 5) is 17.0. The maximum atomic E-state index is 13.4.